The van der Waals surface area contributed by atoms with E-state index in [1.807, 2.05) is 69.2 Å². The third-order valence-corrected chi connectivity index (χ3v) is 5.84. The summed E-state index contributed by atoms with van der Waals surface area (Å²) < 4.78 is 5.25. The highest BCUT2D eigenvalue weighted by atomic mass is 16.6. The minimum Gasteiger partial charge on any atom is -0.460 e. The lowest BCUT2D eigenvalue weighted by Gasteiger charge is -2.49. The Morgan fingerprint density at radius 2 is 1.00 bits per heavy atom. The van der Waals surface area contributed by atoms with E-state index in [0.717, 1.165) is 6.42 Å². The summed E-state index contributed by atoms with van der Waals surface area (Å²) in [4.78, 5) is 11.5. The maximum atomic E-state index is 11.5. The van der Waals surface area contributed by atoms with Crippen LogP contribution in [-0.2, 0) is 9.53 Å². The highest BCUT2D eigenvalue weighted by molar-refractivity contribution is 5.76. The Hall–Kier alpha value is -0.530. The van der Waals surface area contributed by atoms with Crippen LogP contribution >= 0.6 is 0 Å². The molecule has 4 aliphatic rings. The van der Waals surface area contributed by atoms with Crippen LogP contribution in [0.2, 0.25) is 0 Å². The van der Waals surface area contributed by atoms with Crippen molar-refractivity contribution in [2.45, 2.75) is 120 Å². The van der Waals surface area contributed by atoms with Gasteiger partial charge in [0.1, 0.15) is 5.60 Å². The zero-order chi connectivity index (χ0) is 20.5. The van der Waals surface area contributed by atoms with Crippen molar-refractivity contribution in [3.63, 3.8) is 0 Å². The molecule has 0 saturated heterocycles. The normalized spacial score (nSPS) is 28.5. The Balaban J connectivity index is 0.000000405. The molecule has 0 radical (unpaired) electrons. The van der Waals surface area contributed by atoms with E-state index in [0.29, 0.717) is 0 Å². The summed E-state index contributed by atoms with van der Waals surface area (Å²) in [7, 11) is 0. The first-order valence-corrected chi connectivity index (χ1v) is 11.3. The number of rotatable bonds is 2. The van der Waals surface area contributed by atoms with E-state index >= 15 is 0 Å². The first kappa shape index (κ1) is 25.5. The van der Waals surface area contributed by atoms with E-state index in [9.17, 15) is 4.79 Å². The van der Waals surface area contributed by atoms with E-state index in [1.54, 1.807) is 38.5 Å². The fourth-order valence-corrected chi connectivity index (χ4v) is 4.54. The fourth-order valence-electron chi connectivity index (χ4n) is 4.54. The van der Waals surface area contributed by atoms with Crippen LogP contribution in [0.3, 0.4) is 0 Å². The molecule has 0 amide bonds. The predicted octanol–water partition coefficient (Wildman–Crippen LogP) is 7.65. The Morgan fingerprint density at radius 1 is 0.731 bits per heavy atom. The van der Waals surface area contributed by atoms with Crippen LogP contribution in [-0.4, -0.2) is 11.6 Å². The average molecular weight is 369 g/mol. The average Bonchev–Trinajstić information content (AvgIpc) is 2.56. The van der Waals surface area contributed by atoms with Gasteiger partial charge in [0.15, 0.2) is 0 Å². The Morgan fingerprint density at radius 3 is 1.19 bits per heavy atom. The molecule has 0 atom stereocenters. The van der Waals surface area contributed by atoms with Gasteiger partial charge in [-0.25, -0.2) is 0 Å². The summed E-state index contributed by atoms with van der Waals surface area (Å²) in [5, 5.41) is 0. The number of esters is 1. The second-order valence-corrected chi connectivity index (χ2v) is 9.62. The monoisotopic (exact) mass is 368 g/mol. The topological polar surface area (TPSA) is 26.3 Å². The van der Waals surface area contributed by atoms with Gasteiger partial charge >= 0.3 is 5.97 Å². The Bertz CT molecular complexity index is 333. The van der Waals surface area contributed by atoms with Gasteiger partial charge in [-0.3, -0.25) is 4.79 Å². The molecule has 4 fully saturated rings. The van der Waals surface area contributed by atoms with Gasteiger partial charge in [-0.2, -0.15) is 0 Å². The van der Waals surface area contributed by atoms with Crippen LogP contribution in [0.5, 0.6) is 0 Å². The fraction of sp³-hybridized carbons (Fsp3) is 0.958. The van der Waals surface area contributed by atoms with Crippen LogP contribution in [0.1, 0.15) is 114 Å². The second-order valence-electron chi connectivity index (χ2n) is 9.62. The van der Waals surface area contributed by atoms with Gasteiger partial charge < -0.3 is 4.74 Å². The molecule has 0 aromatic rings. The third kappa shape index (κ3) is 8.44. The molecule has 4 rings (SSSR count). The van der Waals surface area contributed by atoms with Crippen molar-refractivity contribution in [1.29, 1.82) is 0 Å². The zero-order valence-corrected chi connectivity index (χ0v) is 19.6. The van der Waals surface area contributed by atoms with E-state index in [4.69, 9.17) is 4.74 Å². The molecular formula is C24H48O2. The first-order valence-electron chi connectivity index (χ1n) is 11.3. The Kier molecular flexibility index (Phi) is 11.1. The van der Waals surface area contributed by atoms with Gasteiger partial charge in [-0.15, -0.1) is 0 Å². The van der Waals surface area contributed by atoms with E-state index in [-0.39, 0.29) is 17.0 Å². The van der Waals surface area contributed by atoms with Crippen LogP contribution in [0.15, 0.2) is 0 Å². The van der Waals surface area contributed by atoms with Crippen molar-refractivity contribution in [2.75, 3.05) is 0 Å². The first-order chi connectivity index (χ1) is 12.1. The van der Waals surface area contributed by atoms with Crippen molar-refractivity contribution in [1.82, 2.24) is 0 Å². The minimum absolute atomic E-state index is 0.113. The second kappa shape index (κ2) is 11.3. The quantitative estimate of drug-likeness (QED) is 0.468. The Labute approximate surface area is 164 Å². The minimum atomic E-state index is -0.372. The predicted molar refractivity (Wildman–Crippen MR) is 114 cm³/mol. The van der Waals surface area contributed by atoms with E-state index < -0.39 is 0 Å². The molecule has 0 N–H and O–H groups in total. The van der Waals surface area contributed by atoms with Crippen molar-refractivity contribution in [3.05, 3.63) is 0 Å². The lowest BCUT2D eigenvalue weighted by Crippen LogP contribution is -2.38. The molecule has 4 aliphatic carbocycles. The van der Waals surface area contributed by atoms with Gasteiger partial charge in [0.05, 0.1) is 5.41 Å². The third-order valence-electron chi connectivity index (χ3n) is 5.84. The van der Waals surface area contributed by atoms with Gasteiger partial charge in [0, 0.05) is 0 Å². The molecular weight excluding hydrogens is 320 g/mol. The van der Waals surface area contributed by atoms with Gasteiger partial charge in [0.2, 0.25) is 0 Å². The van der Waals surface area contributed by atoms with Gasteiger partial charge in [0.25, 0.3) is 0 Å². The van der Waals surface area contributed by atoms with Crippen LogP contribution < -0.4 is 0 Å². The molecule has 4 saturated carbocycles. The molecule has 0 aromatic carbocycles. The highest BCUT2D eigenvalue weighted by Crippen LogP contribution is 2.53. The van der Waals surface area contributed by atoms with Gasteiger partial charge in [-0.05, 0) is 103 Å². The highest BCUT2D eigenvalue weighted by Gasteiger charge is 2.41. The molecule has 4 bridgehead atoms. The maximum absolute atomic E-state index is 11.5. The number of carbonyl (C=O) groups excluding carboxylic acids is 1. The molecule has 2 nitrogen and oxygen atoms in total. The van der Waals surface area contributed by atoms with Crippen molar-refractivity contribution < 1.29 is 9.53 Å². The SMILES string of the molecule is C1C2CC3CC1CC(C2)C3.CC.CC.CCC(C)(C)C(=O)OC(C)(C)C. The molecule has 0 heterocycles. The summed E-state index contributed by atoms with van der Waals surface area (Å²) in [6.45, 7) is 19.5. The summed E-state index contributed by atoms with van der Waals surface area (Å²) in [6.07, 6.45) is 10.4. The molecule has 0 spiro atoms. The van der Waals surface area contributed by atoms with E-state index in [2.05, 4.69) is 0 Å². The van der Waals surface area contributed by atoms with Crippen molar-refractivity contribution in [3.8, 4) is 0 Å². The molecule has 0 aliphatic heterocycles. The number of carbonyl (C=O) groups is 1. The van der Waals surface area contributed by atoms with Crippen molar-refractivity contribution >= 4 is 5.97 Å². The number of hydrogen-bond donors (Lipinski definition) is 0. The van der Waals surface area contributed by atoms with Crippen LogP contribution in [0.4, 0.5) is 0 Å². The van der Waals surface area contributed by atoms with Crippen LogP contribution in [0.25, 0.3) is 0 Å². The summed E-state index contributed by atoms with van der Waals surface area (Å²) >= 11 is 0. The lowest BCUT2D eigenvalue weighted by atomic mass is 9.56. The largest absolute Gasteiger partial charge is 0.460 e. The number of ether oxygens (including phenoxy) is 1. The molecule has 0 unspecified atom stereocenters. The molecule has 26 heavy (non-hydrogen) atoms. The molecule has 0 aromatic heterocycles. The smallest absolute Gasteiger partial charge is 0.312 e. The van der Waals surface area contributed by atoms with Crippen molar-refractivity contribution in [2.24, 2.45) is 29.1 Å². The summed E-state index contributed by atoms with van der Waals surface area (Å²) in [6, 6.07) is 0. The summed E-state index contributed by atoms with van der Waals surface area (Å²) in [5.74, 6) is 4.59. The number of hydrogen-bond acceptors (Lipinski definition) is 2. The van der Waals surface area contributed by atoms with Crippen LogP contribution in [0, 0.1) is 29.1 Å². The molecule has 2 heteroatoms. The summed E-state index contributed by atoms with van der Waals surface area (Å²) in [5.41, 5.74) is -0.725. The van der Waals surface area contributed by atoms with E-state index in [1.165, 1.54) is 23.7 Å². The maximum Gasteiger partial charge on any atom is 0.312 e. The molecule has 156 valence electrons. The lowest BCUT2D eigenvalue weighted by molar-refractivity contribution is -0.165. The van der Waals surface area contributed by atoms with Gasteiger partial charge in [-0.1, -0.05) is 34.6 Å². The standard InChI is InChI=1S/C10H20O2.C10H16.2C2H6/c1-7-10(5,6)8(11)12-9(2,3)4;1-7-2-9-4-8(1)5-10(3-7)6-9;2*1-2/h7H2,1-6H3;7-10H,1-6H2;2*1-2H3. The zero-order valence-electron chi connectivity index (χ0n) is 19.6.